The first-order valence-corrected chi connectivity index (χ1v) is 9.43. The molecule has 7 nitrogen and oxygen atoms in total. The van der Waals surface area contributed by atoms with Crippen LogP contribution in [-0.4, -0.2) is 40.9 Å². The van der Waals surface area contributed by atoms with Crippen molar-refractivity contribution in [3.63, 3.8) is 0 Å². The van der Waals surface area contributed by atoms with Gasteiger partial charge in [-0.25, -0.2) is 4.79 Å². The molecular formula is C22H23NO6. The van der Waals surface area contributed by atoms with Crippen LogP contribution in [0.15, 0.2) is 42.5 Å². The van der Waals surface area contributed by atoms with E-state index in [4.69, 9.17) is 14.6 Å². The fourth-order valence-corrected chi connectivity index (χ4v) is 3.07. The first-order valence-electron chi connectivity index (χ1n) is 9.43. The van der Waals surface area contributed by atoms with Gasteiger partial charge in [0.2, 0.25) is 0 Å². The van der Waals surface area contributed by atoms with Crippen LogP contribution in [0.5, 0.6) is 11.5 Å². The van der Waals surface area contributed by atoms with Gasteiger partial charge in [0.25, 0.3) is 0 Å². The molecule has 1 amide bonds. The maximum Gasteiger partial charge on any atom is 0.407 e. The second kappa shape index (κ2) is 8.77. The molecule has 7 heteroatoms. The minimum absolute atomic E-state index is 0.0917. The minimum Gasteiger partial charge on any atom is -0.488 e. The number of hydrogen-bond donors (Lipinski definition) is 1. The molecule has 2 aromatic carbocycles. The number of esters is 1. The number of benzene rings is 2. The molecule has 0 atom stereocenters. The lowest BCUT2D eigenvalue weighted by atomic mass is 10.0. The van der Waals surface area contributed by atoms with Crippen molar-refractivity contribution in [1.29, 1.82) is 0 Å². The zero-order chi connectivity index (χ0) is 21.0. The average Bonchev–Trinajstić information content (AvgIpc) is 2.67. The average molecular weight is 397 g/mol. The summed E-state index contributed by atoms with van der Waals surface area (Å²) >= 11 is 0. The number of carbonyl (C=O) groups is 3. The molecule has 0 spiro atoms. The highest BCUT2D eigenvalue weighted by atomic mass is 16.5. The van der Waals surface area contributed by atoms with E-state index in [0.717, 1.165) is 10.5 Å². The summed E-state index contributed by atoms with van der Waals surface area (Å²) in [4.78, 5) is 36.8. The lowest BCUT2D eigenvalue weighted by Crippen LogP contribution is -2.53. The Hall–Kier alpha value is -3.35. The van der Waals surface area contributed by atoms with Crippen LogP contribution in [-0.2, 0) is 11.4 Å². The number of ketones is 1. The van der Waals surface area contributed by atoms with Gasteiger partial charge in [-0.15, -0.1) is 0 Å². The normalized spacial score (nSPS) is 13.5. The highest BCUT2D eigenvalue weighted by molar-refractivity contribution is 6.00. The van der Waals surface area contributed by atoms with Crippen molar-refractivity contribution >= 4 is 17.8 Å². The summed E-state index contributed by atoms with van der Waals surface area (Å²) in [5.41, 5.74) is 1.87. The molecule has 29 heavy (non-hydrogen) atoms. The summed E-state index contributed by atoms with van der Waals surface area (Å²) < 4.78 is 11.4. The monoisotopic (exact) mass is 397 g/mol. The standard InChI is InChI=1S/C22H23NO6/c1-3-18(24)17-9-10-19(28-13-15-7-5-4-6-8-15)14(2)20(17)29-21(25)16-11-23(12-16)22(26)27/h4-10,16H,3,11-13H2,1-2H3,(H,26,27). The Morgan fingerprint density at radius 3 is 2.41 bits per heavy atom. The molecule has 1 saturated heterocycles. The predicted octanol–water partition coefficient (Wildman–Crippen LogP) is 3.68. The topological polar surface area (TPSA) is 93.1 Å². The zero-order valence-corrected chi connectivity index (χ0v) is 16.4. The molecule has 0 aliphatic carbocycles. The van der Waals surface area contributed by atoms with E-state index in [-0.39, 0.29) is 31.0 Å². The van der Waals surface area contributed by atoms with E-state index in [1.165, 1.54) is 0 Å². The van der Waals surface area contributed by atoms with Gasteiger partial charge >= 0.3 is 12.1 Å². The maximum atomic E-state index is 12.5. The molecule has 3 rings (SSSR count). The van der Waals surface area contributed by atoms with E-state index >= 15 is 0 Å². The molecule has 0 radical (unpaired) electrons. The molecule has 0 unspecified atom stereocenters. The number of ether oxygens (including phenoxy) is 2. The van der Waals surface area contributed by atoms with Crippen molar-refractivity contribution in [3.8, 4) is 11.5 Å². The Kier molecular flexibility index (Phi) is 6.16. The van der Waals surface area contributed by atoms with Crippen molar-refractivity contribution in [3.05, 3.63) is 59.2 Å². The van der Waals surface area contributed by atoms with E-state index in [1.807, 2.05) is 30.3 Å². The molecule has 152 valence electrons. The lowest BCUT2D eigenvalue weighted by molar-refractivity contribution is -0.143. The first-order chi connectivity index (χ1) is 13.9. The van der Waals surface area contributed by atoms with Gasteiger partial charge in [-0.1, -0.05) is 37.3 Å². The summed E-state index contributed by atoms with van der Waals surface area (Å²) in [5.74, 6) is -0.530. The number of rotatable bonds is 7. The van der Waals surface area contributed by atoms with Gasteiger partial charge in [-0.2, -0.15) is 0 Å². The Morgan fingerprint density at radius 2 is 1.79 bits per heavy atom. The molecule has 1 N–H and O–H groups in total. The van der Waals surface area contributed by atoms with Crippen LogP contribution in [0, 0.1) is 12.8 Å². The fourth-order valence-electron chi connectivity index (χ4n) is 3.07. The van der Waals surface area contributed by atoms with Gasteiger partial charge in [0.15, 0.2) is 5.78 Å². The Morgan fingerprint density at radius 1 is 1.10 bits per heavy atom. The van der Waals surface area contributed by atoms with Crippen LogP contribution in [0.4, 0.5) is 4.79 Å². The Labute approximate surface area is 168 Å². The highest BCUT2D eigenvalue weighted by Gasteiger charge is 2.37. The van der Waals surface area contributed by atoms with Gasteiger partial charge in [0.1, 0.15) is 18.1 Å². The highest BCUT2D eigenvalue weighted by Crippen LogP contribution is 2.34. The van der Waals surface area contributed by atoms with Crippen LogP contribution >= 0.6 is 0 Å². The van der Waals surface area contributed by atoms with Gasteiger partial charge < -0.3 is 19.5 Å². The number of carboxylic acid groups (broad SMARTS) is 1. The number of Topliss-reactive ketones (excluding diaryl/α,β-unsaturated/α-hetero) is 1. The quantitative estimate of drug-likeness (QED) is 0.435. The number of nitrogens with zero attached hydrogens (tertiary/aromatic N) is 1. The van der Waals surface area contributed by atoms with Crippen LogP contribution in [0.1, 0.15) is 34.8 Å². The number of amides is 1. The summed E-state index contributed by atoms with van der Waals surface area (Å²) in [5, 5.41) is 8.92. The van der Waals surface area contributed by atoms with E-state index in [9.17, 15) is 14.4 Å². The smallest absolute Gasteiger partial charge is 0.407 e. The first kappa shape index (κ1) is 20.4. The van der Waals surface area contributed by atoms with Crippen LogP contribution in [0.25, 0.3) is 0 Å². The molecule has 0 aromatic heterocycles. The zero-order valence-electron chi connectivity index (χ0n) is 16.4. The summed E-state index contributed by atoms with van der Waals surface area (Å²) in [7, 11) is 0. The summed E-state index contributed by atoms with van der Waals surface area (Å²) in [6.07, 6.45) is -0.798. The van der Waals surface area contributed by atoms with Crippen molar-refractivity contribution in [2.45, 2.75) is 26.9 Å². The molecule has 1 fully saturated rings. The summed E-state index contributed by atoms with van der Waals surface area (Å²) in [6, 6.07) is 12.9. The molecule has 2 aromatic rings. The Bertz CT molecular complexity index is 918. The lowest BCUT2D eigenvalue weighted by Gasteiger charge is -2.35. The van der Waals surface area contributed by atoms with E-state index in [2.05, 4.69) is 0 Å². The minimum atomic E-state index is -1.07. The maximum absolute atomic E-state index is 12.5. The third-order valence-electron chi connectivity index (χ3n) is 4.90. The molecule has 1 aliphatic heterocycles. The SMILES string of the molecule is CCC(=O)c1ccc(OCc2ccccc2)c(C)c1OC(=O)C1CN(C(=O)O)C1. The van der Waals surface area contributed by atoms with E-state index < -0.39 is 18.0 Å². The largest absolute Gasteiger partial charge is 0.488 e. The van der Waals surface area contributed by atoms with Crippen molar-refractivity contribution in [1.82, 2.24) is 4.90 Å². The molecular weight excluding hydrogens is 374 g/mol. The van der Waals surface area contributed by atoms with Crippen LogP contribution < -0.4 is 9.47 Å². The number of likely N-dealkylation sites (tertiary alicyclic amines) is 1. The molecule has 0 bridgehead atoms. The van der Waals surface area contributed by atoms with Crippen molar-refractivity contribution in [2.75, 3.05) is 13.1 Å². The molecule has 1 heterocycles. The summed E-state index contributed by atoms with van der Waals surface area (Å²) in [6.45, 7) is 3.99. The third-order valence-corrected chi connectivity index (χ3v) is 4.90. The number of hydrogen-bond acceptors (Lipinski definition) is 5. The Balaban J connectivity index is 1.80. The second-order valence-electron chi connectivity index (χ2n) is 6.92. The van der Waals surface area contributed by atoms with Crippen molar-refractivity contribution < 1.29 is 29.0 Å². The van der Waals surface area contributed by atoms with Crippen LogP contribution in [0.2, 0.25) is 0 Å². The van der Waals surface area contributed by atoms with Crippen LogP contribution in [0.3, 0.4) is 0 Å². The van der Waals surface area contributed by atoms with E-state index in [0.29, 0.717) is 23.5 Å². The third kappa shape index (κ3) is 4.56. The predicted molar refractivity (Wildman–Crippen MR) is 105 cm³/mol. The second-order valence-corrected chi connectivity index (χ2v) is 6.92. The molecule has 0 saturated carbocycles. The fraction of sp³-hybridized carbons (Fsp3) is 0.318. The molecule has 1 aliphatic rings. The van der Waals surface area contributed by atoms with Gasteiger partial charge in [-0.3, -0.25) is 9.59 Å². The van der Waals surface area contributed by atoms with Crippen molar-refractivity contribution in [2.24, 2.45) is 5.92 Å². The van der Waals surface area contributed by atoms with Gasteiger partial charge in [0.05, 0.1) is 11.5 Å². The van der Waals surface area contributed by atoms with E-state index in [1.54, 1.807) is 26.0 Å². The van der Waals surface area contributed by atoms with Gasteiger partial charge in [0, 0.05) is 25.1 Å². The number of carbonyl (C=O) groups excluding carboxylic acids is 2. The van der Waals surface area contributed by atoms with Gasteiger partial charge in [-0.05, 0) is 24.6 Å².